The van der Waals surface area contributed by atoms with Crippen LogP contribution in [0.15, 0.2) is 41.3 Å². The van der Waals surface area contributed by atoms with Crippen molar-refractivity contribution in [2.24, 2.45) is 0 Å². The second kappa shape index (κ2) is 5.12. The summed E-state index contributed by atoms with van der Waals surface area (Å²) >= 11 is 0. The second-order valence-corrected chi connectivity index (χ2v) is 5.26. The molecule has 0 saturated carbocycles. The van der Waals surface area contributed by atoms with Gasteiger partial charge >= 0.3 is 10.1 Å². The predicted octanol–water partition coefficient (Wildman–Crippen LogP) is 3.01. The Balaban J connectivity index is 2.37. The smallest absolute Gasteiger partial charge is 0.339 e. The van der Waals surface area contributed by atoms with Crippen LogP contribution in [0.1, 0.15) is 0 Å². The zero-order valence-electron chi connectivity index (χ0n) is 9.61. The van der Waals surface area contributed by atoms with Crippen molar-refractivity contribution in [2.45, 2.75) is 4.90 Å². The first-order valence-electron chi connectivity index (χ1n) is 5.13. The largest absolute Gasteiger partial charge is 0.379 e. The van der Waals surface area contributed by atoms with Gasteiger partial charge in [-0.2, -0.15) is 8.42 Å². The Bertz CT molecular complexity index is 739. The van der Waals surface area contributed by atoms with Crippen molar-refractivity contribution in [3.63, 3.8) is 0 Å². The Morgan fingerprint density at radius 1 is 0.800 bits per heavy atom. The lowest BCUT2D eigenvalue weighted by molar-refractivity contribution is 0.470. The number of benzene rings is 2. The fourth-order valence-electron chi connectivity index (χ4n) is 1.38. The van der Waals surface area contributed by atoms with Crippen molar-refractivity contribution in [3.8, 4) is 5.75 Å². The normalized spacial score (nSPS) is 11.4. The second-order valence-electron chi connectivity index (χ2n) is 3.72. The molecule has 0 bridgehead atoms. The predicted molar refractivity (Wildman–Crippen MR) is 60.5 cm³/mol. The molecule has 0 aliphatic carbocycles. The van der Waals surface area contributed by atoms with E-state index in [1.165, 1.54) is 0 Å². The Kier molecular flexibility index (Phi) is 3.67. The lowest BCUT2D eigenvalue weighted by Crippen LogP contribution is -2.10. The standard InChI is InChI=1S/C12H6F4O3S/c13-7-3-8(14)5-10(4-7)20(17,18)19-9-1-2-11(15)12(16)6-9/h1-6H. The quantitative estimate of drug-likeness (QED) is 0.647. The fourth-order valence-corrected chi connectivity index (χ4v) is 2.34. The van der Waals surface area contributed by atoms with Crippen LogP contribution in [-0.4, -0.2) is 8.42 Å². The van der Waals surface area contributed by atoms with Crippen LogP contribution in [0.4, 0.5) is 17.6 Å². The molecule has 0 unspecified atom stereocenters. The molecule has 0 amide bonds. The summed E-state index contributed by atoms with van der Waals surface area (Å²) < 4.78 is 79.4. The van der Waals surface area contributed by atoms with Gasteiger partial charge < -0.3 is 4.18 Å². The molecular formula is C12H6F4O3S. The minimum atomic E-state index is -4.56. The van der Waals surface area contributed by atoms with Gasteiger partial charge in [0.25, 0.3) is 0 Å². The Morgan fingerprint density at radius 3 is 1.95 bits per heavy atom. The van der Waals surface area contributed by atoms with Gasteiger partial charge in [0.1, 0.15) is 22.3 Å². The molecule has 2 rings (SSSR count). The summed E-state index contributed by atoms with van der Waals surface area (Å²) in [5.74, 6) is -5.25. The van der Waals surface area contributed by atoms with Crippen molar-refractivity contribution >= 4 is 10.1 Å². The van der Waals surface area contributed by atoms with Crippen LogP contribution in [0.5, 0.6) is 5.75 Å². The van der Waals surface area contributed by atoms with E-state index in [1.54, 1.807) is 0 Å². The molecular weight excluding hydrogens is 300 g/mol. The number of rotatable bonds is 3. The number of halogens is 4. The van der Waals surface area contributed by atoms with Crippen molar-refractivity contribution < 1.29 is 30.2 Å². The third-order valence-electron chi connectivity index (χ3n) is 2.22. The average molecular weight is 306 g/mol. The molecule has 0 aliphatic heterocycles. The van der Waals surface area contributed by atoms with Gasteiger partial charge in [-0.3, -0.25) is 0 Å². The molecule has 0 spiro atoms. The molecule has 2 aromatic carbocycles. The van der Waals surface area contributed by atoms with E-state index >= 15 is 0 Å². The van der Waals surface area contributed by atoms with Crippen LogP contribution < -0.4 is 4.18 Å². The average Bonchev–Trinajstić information content (AvgIpc) is 2.32. The molecule has 20 heavy (non-hydrogen) atoms. The van der Waals surface area contributed by atoms with E-state index in [9.17, 15) is 26.0 Å². The van der Waals surface area contributed by atoms with Gasteiger partial charge in [-0.15, -0.1) is 0 Å². The number of hydrogen-bond acceptors (Lipinski definition) is 3. The fraction of sp³-hybridized carbons (Fsp3) is 0. The molecule has 2 aromatic rings. The van der Waals surface area contributed by atoms with Gasteiger partial charge in [0.15, 0.2) is 11.6 Å². The highest BCUT2D eigenvalue weighted by Crippen LogP contribution is 2.22. The molecule has 3 nitrogen and oxygen atoms in total. The maximum Gasteiger partial charge on any atom is 0.339 e. The minimum Gasteiger partial charge on any atom is -0.379 e. The summed E-state index contributed by atoms with van der Waals surface area (Å²) in [7, 11) is -4.56. The summed E-state index contributed by atoms with van der Waals surface area (Å²) in [4.78, 5) is -0.778. The third kappa shape index (κ3) is 3.08. The summed E-state index contributed by atoms with van der Waals surface area (Å²) in [6.07, 6.45) is 0. The van der Waals surface area contributed by atoms with E-state index in [0.29, 0.717) is 30.3 Å². The van der Waals surface area contributed by atoms with Crippen LogP contribution in [0.25, 0.3) is 0 Å². The topological polar surface area (TPSA) is 43.4 Å². The van der Waals surface area contributed by atoms with E-state index in [1.807, 2.05) is 0 Å². The first-order valence-corrected chi connectivity index (χ1v) is 6.54. The monoisotopic (exact) mass is 306 g/mol. The molecule has 0 heterocycles. The van der Waals surface area contributed by atoms with Crippen LogP contribution in [-0.2, 0) is 10.1 Å². The van der Waals surface area contributed by atoms with Gasteiger partial charge in [0.05, 0.1) is 0 Å². The minimum absolute atomic E-state index is 0.483. The molecule has 0 fully saturated rings. The van der Waals surface area contributed by atoms with Crippen molar-refractivity contribution in [1.29, 1.82) is 0 Å². The van der Waals surface area contributed by atoms with E-state index in [0.717, 1.165) is 6.07 Å². The molecule has 0 atom stereocenters. The van der Waals surface area contributed by atoms with E-state index in [-0.39, 0.29) is 0 Å². The lowest BCUT2D eigenvalue weighted by atomic mass is 10.3. The summed E-state index contributed by atoms with van der Waals surface area (Å²) in [6, 6.07) is 3.59. The SMILES string of the molecule is O=S(=O)(Oc1ccc(F)c(F)c1)c1cc(F)cc(F)c1. The summed E-state index contributed by atoms with van der Waals surface area (Å²) in [5.41, 5.74) is 0. The molecule has 0 saturated heterocycles. The highest BCUT2D eigenvalue weighted by Gasteiger charge is 2.19. The van der Waals surface area contributed by atoms with Gasteiger partial charge in [-0.1, -0.05) is 0 Å². The van der Waals surface area contributed by atoms with Crippen LogP contribution >= 0.6 is 0 Å². The van der Waals surface area contributed by atoms with Gasteiger partial charge in [0.2, 0.25) is 0 Å². The van der Waals surface area contributed by atoms with E-state index in [2.05, 4.69) is 4.18 Å². The van der Waals surface area contributed by atoms with E-state index in [4.69, 9.17) is 0 Å². The zero-order chi connectivity index (χ0) is 14.9. The molecule has 0 aromatic heterocycles. The molecule has 0 radical (unpaired) electrons. The van der Waals surface area contributed by atoms with Crippen LogP contribution in [0, 0.1) is 23.3 Å². The number of hydrogen-bond donors (Lipinski definition) is 0. The highest BCUT2D eigenvalue weighted by atomic mass is 32.2. The maximum absolute atomic E-state index is 12.9. The summed E-state index contributed by atoms with van der Waals surface area (Å²) in [6.45, 7) is 0. The first-order chi connectivity index (χ1) is 9.28. The molecule has 106 valence electrons. The zero-order valence-corrected chi connectivity index (χ0v) is 10.4. The van der Waals surface area contributed by atoms with Gasteiger partial charge in [-0.05, 0) is 24.3 Å². The van der Waals surface area contributed by atoms with E-state index < -0.39 is 44.0 Å². The molecule has 8 heteroatoms. The van der Waals surface area contributed by atoms with Crippen molar-refractivity contribution in [2.75, 3.05) is 0 Å². The van der Waals surface area contributed by atoms with Crippen molar-refractivity contribution in [3.05, 3.63) is 59.7 Å². The van der Waals surface area contributed by atoms with Gasteiger partial charge in [-0.25, -0.2) is 17.6 Å². The maximum atomic E-state index is 12.9. The third-order valence-corrected chi connectivity index (χ3v) is 3.45. The lowest BCUT2D eigenvalue weighted by Gasteiger charge is -2.07. The van der Waals surface area contributed by atoms with Crippen molar-refractivity contribution in [1.82, 2.24) is 0 Å². The van der Waals surface area contributed by atoms with Crippen LogP contribution in [0.2, 0.25) is 0 Å². The Hall–Kier alpha value is -2.09. The Labute approximate surface area is 111 Å². The molecule has 0 N–H and O–H groups in total. The Morgan fingerprint density at radius 2 is 1.40 bits per heavy atom. The first kappa shape index (κ1) is 14.3. The van der Waals surface area contributed by atoms with Crippen LogP contribution in [0.3, 0.4) is 0 Å². The summed E-state index contributed by atoms with van der Waals surface area (Å²) in [5, 5.41) is 0. The molecule has 0 aliphatic rings. The van der Waals surface area contributed by atoms with Gasteiger partial charge in [0, 0.05) is 12.1 Å². The highest BCUT2D eigenvalue weighted by molar-refractivity contribution is 7.87.